The van der Waals surface area contributed by atoms with Crippen molar-refractivity contribution in [3.63, 3.8) is 0 Å². The summed E-state index contributed by atoms with van der Waals surface area (Å²) in [6.07, 6.45) is 0.831. The van der Waals surface area contributed by atoms with Crippen LogP contribution in [0.5, 0.6) is 0 Å². The first-order chi connectivity index (χ1) is 8.37. The summed E-state index contributed by atoms with van der Waals surface area (Å²) >= 11 is 0. The molecule has 0 atom stereocenters. The second-order valence-corrected chi connectivity index (χ2v) is 7.01. The summed E-state index contributed by atoms with van der Waals surface area (Å²) in [7, 11) is -3.34. The summed E-state index contributed by atoms with van der Waals surface area (Å²) in [5.41, 5.74) is 1.07. The van der Waals surface area contributed by atoms with Crippen LogP contribution >= 0.6 is 0 Å². The topological polar surface area (TPSA) is 37.4 Å². The summed E-state index contributed by atoms with van der Waals surface area (Å²) in [6.45, 7) is 9.17. The smallest absolute Gasteiger partial charge is 0.207 e. The van der Waals surface area contributed by atoms with Crippen LogP contribution < -0.4 is 0 Å². The highest BCUT2D eigenvalue weighted by molar-refractivity contribution is 7.89. The zero-order chi connectivity index (χ0) is 13.8. The lowest BCUT2D eigenvalue weighted by molar-refractivity contribution is 0.367. The molecule has 0 aromatic heterocycles. The predicted molar refractivity (Wildman–Crippen MR) is 75.1 cm³/mol. The van der Waals surface area contributed by atoms with E-state index in [1.807, 2.05) is 39.8 Å². The van der Waals surface area contributed by atoms with E-state index in [-0.39, 0.29) is 0 Å². The number of nitrogens with zero attached hydrogens (tertiary/aromatic N) is 1. The van der Waals surface area contributed by atoms with Crippen LogP contribution in [-0.4, -0.2) is 25.8 Å². The van der Waals surface area contributed by atoms with Gasteiger partial charge in [-0.05, 0) is 31.4 Å². The number of benzene rings is 1. The molecule has 3 nitrogen and oxygen atoms in total. The van der Waals surface area contributed by atoms with Gasteiger partial charge < -0.3 is 0 Å². The van der Waals surface area contributed by atoms with E-state index in [0.29, 0.717) is 23.9 Å². The zero-order valence-corrected chi connectivity index (χ0v) is 12.5. The predicted octanol–water partition coefficient (Wildman–Crippen LogP) is 3.05. The van der Waals surface area contributed by atoms with Gasteiger partial charge in [0.15, 0.2) is 0 Å². The van der Waals surface area contributed by atoms with Gasteiger partial charge in [0, 0.05) is 13.1 Å². The van der Waals surface area contributed by atoms with Crippen LogP contribution in [0.2, 0.25) is 0 Å². The Morgan fingerprint density at radius 2 is 1.72 bits per heavy atom. The van der Waals surface area contributed by atoms with Gasteiger partial charge in [-0.25, -0.2) is 8.42 Å². The minimum absolute atomic E-state index is 0.330. The Bertz CT molecular complexity index is 463. The van der Waals surface area contributed by atoms with Crippen LogP contribution in [0.4, 0.5) is 0 Å². The molecule has 0 N–H and O–H groups in total. The lowest BCUT2D eigenvalue weighted by Gasteiger charge is -2.23. The van der Waals surface area contributed by atoms with Crippen LogP contribution in [0.25, 0.3) is 0 Å². The molecule has 0 bridgehead atoms. The number of sulfonamides is 1. The Labute approximate surface area is 111 Å². The highest BCUT2D eigenvalue weighted by Gasteiger charge is 2.23. The van der Waals surface area contributed by atoms with Crippen molar-refractivity contribution in [3.05, 3.63) is 29.8 Å². The lowest BCUT2D eigenvalue weighted by Crippen LogP contribution is -2.34. The van der Waals surface area contributed by atoms with Crippen molar-refractivity contribution in [2.75, 3.05) is 13.1 Å². The molecule has 18 heavy (non-hydrogen) atoms. The van der Waals surface area contributed by atoms with E-state index >= 15 is 0 Å². The van der Waals surface area contributed by atoms with Crippen molar-refractivity contribution < 1.29 is 8.42 Å². The summed E-state index contributed by atoms with van der Waals surface area (Å²) in [5.74, 6) is 0.330. The summed E-state index contributed by atoms with van der Waals surface area (Å²) in [4.78, 5) is 0.391. The molecule has 0 spiro atoms. The average Bonchev–Trinajstić information content (AvgIpc) is 2.28. The van der Waals surface area contributed by atoms with Crippen molar-refractivity contribution in [2.24, 2.45) is 5.92 Å². The molecule has 0 fully saturated rings. The van der Waals surface area contributed by atoms with Crippen molar-refractivity contribution in [2.45, 2.75) is 39.0 Å². The normalized spacial score (nSPS) is 12.3. The Morgan fingerprint density at radius 3 is 2.17 bits per heavy atom. The first-order valence-corrected chi connectivity index (χ1v) is 7.88. The van der Waals surface area contributed by atoms with E-state index in [9.17, 15) is 8.42 Å². The molecule has 1 aromatic carbocycles. The molecule has 0 amide bonds. The molecule has 0 saturated carbocycles. The zero-order valence-electron chi connectivity index (χ0n) is 11.7. The molecular formula is C14H23NO2S. The van der Waals surface area contributed by atoms with Crippen LogP contribution in [0.1, 0.15) is 32.8 Å². The number of rotatable bonds is 6. The first-order valence-electron chi connectivity index (χ1n) is 6.44. The van der Waals surface area contributed by atoms with E-state index in [1.165, 1.54) is 0 Å². The largest absolute Gasteiger partial charge is 0.243 e. The SMILES string of the molecule is CCCN(CC(C)C)S(=O)(=O)c1ccc(C)cc1. The molecule has 0 unspecified atom stereocenters. The summed E-state index contributed by atoms with van der Waals surface area (Å²) in [6, 6.07) is 7.06. The lowest BCUT2D eigenvalue weighted by atomic mass is 10.2. The quantitative estimate of drug-likeness (QED) is 0.796. The fourth-order valence-electron chi connectivity index (χ4n) is 1.83. The Morgan fingerprint density at radius 1 is 1.17 bits per heavy atom. The molecule has 0 aliphatic carbocycles. The maximum Gasteiger partial charge on any atom is 0.243 e. The van der Waals surface area contributed by atoms with Crippen molar-refractivity contribution in [1.82, 2.24) is 4.31 Å². The van der Waals surface area contributed by atoms with Crippen LogP contribution in [0.15, 0.2) is 29.2 Å². The first kappa shape index (κ1) is 15.2. The minimum Gasteiger partial charge on any atom is -0.207 e. The Balaban J connectivity index is 3.04. The van der Waals surface area contributed by atoms with E-state index < -0.39 is 10.0 Å². The third kappa shape index (κ3) is 3.82. The molecule has 0 heterocycles. The van der Waals surface area contributed by atoms with Gasteiger partial charge in [0.25, 0.3) is 0 Å². The van der Waals surface area contributed by atoms with Crippen molar-refractivity contribution >= 4 is 10.0 Å². The highest BCUT2D eigenvalue weighted by Crippen LogP contribution is 2.18. The third-order valence-corrected chi connectivity index (χ3v) is 4.58. The molecule has 0 aliphatic rings. The van der Waals surface area contributed by atoms with E-state index in [1.54, 1.807) is 16.4 Å². The van der Waals surface area contributed by atoms with Gasteiger partial charge in [0.2, 0.25) is 10.0 Å². The third-order valence-electron chi connectivity index (χ3n) is 2.70. The fourth-order valence-corrected chi connectivity index (χ4v) is 3.52. The Kier molecular flexibility index (Phi) is 5.35. The molecule has 0 aliphatic heterocycles. The minimum atomic E-state index is -3.34. The molecule has 0 radical (unpaired) electrons. The second kappa shape index (κ2) is 6.34. The van der Waals surface area contributed by atoms with Gasteiger partial charge in [-0.2, -0.15) is 4.31 Å². The fraction of sp³-hybridized carbons (Fsp3) is 0.571. The van der Waals surface area contributed by atoms with Gasteiger partial charge in [-0.3, -0.25) is 0 Å². The second-order valence-electron chi connectivity index (χ2n) is 5.07. The average molecular weight is 269 g/mol. The van der Waals surface area contributed by atoms with Crippen molar-refractivity contribution in [1.29, 1.82) is 0 Å². The standard InChI is InChI=1S/C14H23NO2S/c1-5-10-15(11-12(2)3)18(16,17)14-8-6-13(4)7-9-14/h6-9,12H,5,10-11H2,1-4H3. The molecule has 102 valence electrons. The van der Waals surface area contributed by atoms with Crippen LogP contribution in [0, 0.1) is 12.8 Å². The monoisotopic (exact) mass is 269 g/mol. The van der Waals surface area contributed by atoms with Crippen molar-refractivity contribution in [3.8, 4) is 0 Å². The number of hydrogen-bond donors (Lipinski definition) is 0. The maximum atomic E-state index is 12.5. The van der Waals surface area contributed by atoms with Crippen LogP contribution in [0.3, 0.4) is 0 Å². The summed E-state index contributed by atoms with van der Waals surface area (Å²) in [5, 5.41) is 0. The molecular weight excluding hydrogens is 246 g/mol. The van der Waals surface area contributed by atoms with Gasteiger partial charge in [0.05, 0.1) is 4.90 Å². The molecule has 1 aromatic rings. The number of hydrogen-bond acceptors (Lipinski definition) is 2. The van der Waals surface area contributed by atoms with Gasteiger partial charge in [0.1, 0.15) is 0 Å². The molecule has 1 rings (SSSR count). The van der Waals surface area contributed by atoms with E-state index in [4.69, 9.17) is 0 Å². The number of aryl methyl sites for hydroxylation is 1. The molecule has 4 heteroatoms. The van der Waals surface area contributed by atoms with E-state index in [0.717, 1.165) is 12.0 Å². The summed E-state index contributed by atoms with van der Waals surface area (Å²) < 4.78 is 26.6. The highest BCUT2D eigenvalue weighted by atomic mass is 32.2. The van der Waals surface area contributed by atoms with Gasteiger partial charge in [-0.1, -0.05) is 38.5 Å². The van der Waals surface area contributed by atoms with Gasteiger partial charge >= 0.3 is 0 Å². The van der Waals surface area contributed by atoms with Gasteiger partial charge in [-0.15, -0.1) is 0 Å². The van der Waals surface area contributed by atoms with Crippen LogP contribution in [-0.2, 0) is 10.0 Å². The van der Waals surface area contributed by atoms with E-state index in [2.05, 4.69) is 0 Å². The maximum absolute atomic E-state index is 12.5. The Hall–Kier alpha value is -0.870. The molecule has 0 saturated heterocycles.